The topological polar surface area (TPSA) is 32.3 Å². The zero-order chi connectivity index (χ0) is 38.1. The number of nitrogens with zero attached hydrogens (tertiary/aromatic N) is 4. The maximum absolute atomic E-state index is 5.41. The van der Waals surface area contributed by atoms with Gasteiger partial charge in [-0.2, -0.15) is 0 Å². The predicted octanol–water partition coefficient (Wildman–Crippen LogP) is 14.2. The molecule has 0 aliphatic heterocycles. The monoisotopic (exact) mass is 734 g/mol. The van der Waals surface area contributed by atoms with Crippen LogP contribution in [0.4, 0.5) is 34.1 Å². The molecule has 0 bridgehead atoms. The van der Waals surface area contributed by atoms with E-state index < -0.39 is 0 Å². The summed E-state index contributed by atoms with van der Waals surface area (Å²) >= 11 is 0. The molecule has 0 radical (unpaired) electrons. The molecule has 0 amide bonds. The van der Waals surface area contributed by atoms with Crippen LogP contribution in [0.1, 0.15) is 42.3 Å². The second-order valence-electron chi connectivity index (χ2n) is 14.9. The van der Waals surface area contributed by atoms with E-state index in [-0.39, 0.29) is 0 Å². The van der Waals surface area contributed by atoms with Gasteiger partial charge in [-0.3, -0.25) is 0 Å². The first-order valence-corrected chi connectivity index (χ1v) is 19.9. The van der Waals surface area contributed by atoms with Gasteiger partial charge in [0.25, 0.3) is 0 Å². The van der Waals surface area contributed by atoms with E-state index >= 15 is 0 Å². The zero-order valence-corrected chi connectivity index (χ0v) is 32.0. The lowest BCUT2D eigenvalue weighted by atomic mass is 9.94. The number of benzene rings is 7. The number of aromatic nitrogens is 2. The first-order valence-electron chi connectivity index (χ1n) is 19.9. The number of aryl methyl sites for hydroxylation is 2. The Balaban J connectivity index is 1.07. The summed E-state index contributed by atoms with van der Waals surface area (Å²) in [5.74, 6) is 0. The highest BCUT2D eigenvalue weighted by Crippen LogP contribution is 2.43. The summed E-state index contributed by atoms with van der Waals surface area (Å²) in [4.78, 5) is 15.5. The second-order valence-corrected chi connectivity index (χ2v) is 14.9. The molecule has 57 heavy (non-hydrogen) atoms. The van der Waals surface area contributed by atoms with Gasteiger partial charge in [-0.1, -0.05) is 127 Å². The molecule has 0 atom stereocenters. The molecule has 274 valence electrons. The fraction of sp³-hybridized carbons (Fsp3) is 0.0943. The number of anilines is 6. The number of fused-ring (bicyclic) bond motifs is 3. The number of para-hydroxylation sites is 2. The van der Waals surface area contributed by atoms with Gasteiger partial charge in [0.2, 0.25) is 0 Å². The van der Waals surface area contributed by atoms with E-state index in [1.165, 1.54) is 33.2 Å². The minimum Gasteiger partial charge on any atom is -0.310 e. The molecule has 0 spiro atoms. The van der Waals surface area contributed by atoms with Crippen LogP contribution in [0.25, 0.3) is 44.9 Å². The summed E-state index contributed by atoms with van der Waals surface area (Å²) in [6.45, 7) is 2.16. The van der Waals surface area contributed by atoms with Crippen molar-refractivity contribution in [3.05, 3.63) is 205 Å². The van der Waals surface area contributed by atoms with E-state index in [1.54, 1.807) is 0 Å². The van der Waals surface area contributed by atoms with Crippen LogP contribution < -0.4 is 9.80 Å². The van der Waals surface area contributed by atoms with Crippen LogP contribution in [0.5, 0.6) is 0 Å². The first-order chi connectivity index (χ1) is 28.2. The lowest BCUT2D eigenvalue weighted by Crippen LogP contribution is -2.13. The second kappa shape index (κ2) is 14.9. The Morgan fingerprint density at radius 2 is 1.02 bits per heavy atom. The van der Waals surface area contributed by atoms with Gasteiger partial charge < -0.3 is 9.80 Å². The lowest BCUT2D eigenvalue weighted by molar-refractivity contribution is 0.897. The minimum atomic E-state index is 0.884. The molecule has 8 aromatic rings. The van der Waals surface area contributed by atoms with Gasteiger partial charge in [-0.15, -0.1) is 0 Å². The molecule has 4 heteroatoms. The molecule has 1 aromatic heterocycles. The largest absolute Gasteiger partial charge is 0.310 e. The molecular weight excluding hydrogens is 693 g/mol. The first kappa shape index (κ1) is 34.5. The number of allylic oxidation sites excluding steroid dienone is 3. The van der Waals surface area contributed by atoms with E-state index in [2.05, 4.69) is 205 Å². The molecule has 0 fully saturated rings. The fourth-order valence-electron chi connectivity index (χ4n) is 8.48. The maximum Gasteiger partial charge on any atom is 0.0972 e. The summed E-state index contributed by atoms with van der Waals surface area (Å²) in [7, 11) is 0. The molecule has 7 aromatic carbocycles. The van der Waals surface area contributed by atoms with E-state index in [9.17, 15) is 0 Å². The summed E-state index contributed by atoms with van der Waals surface area (Å²) in [5.41, 5.74) is 16.5. The Kier molecular flexibility index (Phi) is 9.00. The molecule has 0 saturated heterocycles. The molecule has 0 N–H and O–H groups in total. The minimum absolute atomic E-state index is 0.884. The van der Waals surface area contributed by atoms with Crippen molar-refractivity contribution in [3.8, 4) is 22.5 Å². The van der Waals surface area contributed by atoms with Crippen LogP contribution in [0.2, 0.25) is 0 Å². The van der Waals surface area contributed by atoms with Crippen LogP contribution in [0, 0.1) is 0 Å². The van der Waals surface area contributed by atoms with Gasteiger partial charge in [0, 0.05) is 44.8 Å². The van der Waals surface area contributed by atoms with E-state index in [1.807, 2.05) is 0 Å². The van der Waals surface area contributed by atoms with Crippen LogP contribution in [-0.4, -0.2) is 9.97 Å². The van der Waals surface area contributed by atoms with Gasteiger partial charge in [0.15, 0.2) is 0 Å². The van der Waals surface area contributed by atoms with Gasteiger partial charge in [-0.25, -0.2) is 9.97 Å². The van der Waals surface area contributed by atoms with Crippen LogP contribution >= 0.6 is 0 Å². The number of rotatable bonds is 8. The number of hydrogen-bond donors (Lipinski definition) is 0. The van der Waals surface area contributed by atoms with Crippen molar-refractivity contribution >= 4 is 56.5 Å². The van der Waals surface area contributed by atoms with Crippen LogP contribution in [0.15, 0.2) is 182 Å². The molecule has 2 aliphatic carbocycles. The van der Waals surface area contributed by atoms with Crippen molar-refractivity contribution in [2.45, 2.75) is 32.6 Å². The highest BCUT2D eigenvalue weighted by atomic mass is 15.1. The summed E-state index contributed by atoms with van der Waals surface area (Å²) < 4.78 is 0. The Bertz CT molecular complexity index is 2780. The standard InChI is InChI=1S/C53H42N4/c1-37-15-12-26-48-51(37)55-53(41-31-35-45(36-32-41)57(43-22-6-3-7-23-43)50-28-14-19-39-17-9-11-25-47(39)50)52(54-48)40-29-33-44(34-30-40)56(42-20-4-2-5-21-42)49-27-13-18-38-16-8-10-24-46(38)49/h2-8,10-11,13-16,18-25,27-36H,9,12,17,26H2,1H3. The molecule has 0 unspecified atom stereocenters. The lowest BCUT2D eigenvalue weighted by Gasteiger charge is -2.29. The third-order valence-corrected chi connectivity index (χ3v) is 11.3. The molecule has 2 aliphatic rings. The normalized spacial score (nSPS) is 13.1. The fourth-order valence-corrected chi connectivity index (χ4v) is 8.48. The van der Waals surface area contributed by atoms with E-state index in [0.29, 0.717) is 0 Å². The van der Waals surface area contributed by atoms with Gasteiger partial charge >= 0.3 is 0 Å². The quantitative estimate of drug-likeness (QED) is 0.156. The van der Waals surface area contributed by atoms with Crippen molar-refractivity contribution in [2.24, 2.45) is 0 Å². The Hall–Kier alpha value is -7.04. The van der Waals surface area contributed by atoms with Crippen molar-refractivity contribution in [1.82, 2.24) is 9.97 Å². The van der Waals surface area contributed by atoms with Gasteiger partial charge in [-0.05, 0) is 110 Å². The van der Waals surface area contributed by atoms with Crippen molar-refractivity contribution < 1.29 is 0 Å². The predicted molar refractivity (Wildman–Crippen MR) is 239 cm³/mol. The highest BCUT2D eigenvalue weighted by Gasteiger charge is 2.23. The third kappa shape index (κ3) is 6.49. The zero-order valence-electron chi connectivity index (χ0n) is 32.0. The molecule has 0 saturated carbocycles. The molecular formula is C53H42N4. The van der Waals surface area contributed by atoms with Crippen molar-refractivity contribution in [3.63, 3.8) is 0 Å². The summed E-state index contributed by atoms with van der Waals surface area (Å²) in [6.07, 6.45) is 10.9. The van der Waals surface area contributed by atoms with Crippen LogP contribution in [0.3, 0.4) is 0 Å². The number of hydrogen-bond acceptors (Lipinski definition) is 4. The van der Waals surface area contributed by atoms with Crippen molar-refractivity contribution in [1.29, 1.82) is 0 Å². The van der Waals surface area contributed by atoms with Gasteiger partial charge in [0.05, 0.1) is 34.2 Å². The Morgan fingerprint density at radius 3 is 1.72 bits per heavy atom. The highest BCUT2D eigenvalue weighted by molar-refractivity contribution is 5.99. The van der Waals surface area contributed by atoms with Crippen LogP contribution in [-0.2, 0) is 12.8 Å². The van der Waals surface area contributed by atoms with Gasteiger partial charge in [0.1, 0.15) is 0 Å². The summed E-state index contributed by atoms with van der Waals surface area (Å²) in [6, 6.07) is 60.8. The van der Waals surface area contributed by atoms with E-state index in [4.69, 9.17) is 9.97 Å². The SMILES string of the molecule is CC1=CCCc2nc(-c3ccc(N(c4ccccc4)c4cccc5ccccc45)cc3)c(-c3ccc(N(c4ccccc4)c4cccc5c4C=CCC5)cc3)nc21. The smallest absolute Gasteiger partial charge is 0.0972 e. The Morgan fingerprint density at radius 1 is 0.456 bits per heavy atom. The van der Waals surface area contributed by atoms with Crippen molar-refractivity contribution in [2.75, 3.05) is 9.80 Å². The summed E-state index contributed by atoms with van der Waals surface area (Å²) in [5, 5.41) is 2.42. The molecule has 10 rings (SSSR count). The third-order valence-electron chi connectivity index (χ3n) is 11.3. The maximum atomic E-state index is 5.41. The molecule has 4 nitrogen and oxygen atoms in total. The molecule has 1 heterocycles. The van der Waals surface area contributed by atoms with E-state index in [0.717, 1.165) is 88.0 Å². The Labute approximate surface area is 334 Å². The average Bonchev–Trinajstić information content (AvgIpc) is 3.28. The average molecular weight is 735 g/mol.